The van der Waals surface area contributed by atoms with E-state index in [0.29, 0.717) is 11.8 Å². The van der Waals surface area contributed by atoms with Crippen LogP contribution in [0.1, 0.15) is 43.7 Å². The summed E-state index contributed by atoms with van der Waals surface area (Å²) in [6.07, 6.45) is 2.28. The summed E-state index contributed by atoms with van der Waals surface area (Å²) in [5, 5.41) is 13.0. The van der Waals surface area contributed by atoms with Crippen molar-refractivity contribution in [3.63, 3.8) is 0 Å². The predicted octanol–water partition coefficient (Wildman–Crippen LogP) is 4.16. The van der Waals surface area contributed by atoms with E-state index in [4.69, 9.17) is 0 Å². The number of benzene rings is 2. The van der Waals surface area contributed by atoms with Crippen LogP contribution in [0.4, 0.5) is 0 Å². The molecule has 0 spiro atoms. The minimum absolute atomic E-state index is 0.123. The van der Waals surface area contributed by atoms with Crippen molar-refractivity contribution < 1.29 is 9.90 Å². The van der Waals surface area contributed by atoms with E-state index >= 15 is 0 Å². The van der Waals surface area contributed by atoms with Crippen molar-refractivity contribution >= 4 is 5.91 Å². The smallest absolute Gasteiger partial charge is 0.228 e. The van der Waals surface area contributed by atoms with E-state index < -0.39 is 0 Å². The Morgan fingerprint density at radius 2 is 1.79 bits per heavy atom. The van der Waals surface area contributed by atoms with Gasteiger partial charge in [0, 0.05) is 25.7 Å². The maximum absolute atomic E-state index is 13.2. The lowest BCUT2D eigenvalue weighted by atomic mass is 9.87. The zero-order valence-electron chi connectivity index (χ0n) is 17.4. The number of amides is 1. The van der Waals surface area contributed by atoms with E-state index in [0.717, 1.165) is 31.6 Å². The van der Waals surface area contributed by atoms with Crippen LogP contribution < -0.4 is 5.32 Å². The van der Waals surface area contributed by atoms with Gasteiger partial charge in [0.15, 0.2) is 0 Å². The van der Waals surface area contributed by atoms with Gasteiger partial charge < -0.3 is 10.4 Å². The first-order valence-corrected chi connectivity index (χ1v) is 10.9. The fraction of sp³-hybridized carbons (Fsp3) is 0.480. The van der Waals surface area contributed by atoms with Crippen molar-refractivity contribution in [3.05, 3.63) is 65.7 Å². The number of carbonyl (C=O) groups excluding carboxylic acids is 1. The Balaban J connectivity index is 1.40. The van der Waals surface area contributed by atoms with Gasteiger partial charge in [-0.05, 0) is 53.9 Å². The summed E-state index contributed by atoms with van der Waals surface area (Å²) in [5.74, 6) is 1.62. The molecule has 29 heavy (non-hydrogen) atoms. The third kappa shape index (κ3) is 4.48. The summed E-state index contributed by atoms with van der Waals surface area (Å²) in [4.78, 5) is 15.7. The highest BCUT2D eigenvalue weighted by Crippen LogP contribution is 2.39. The second-order valence-corrected chi connectivity index (χ2v) is 9.11. The maximum atomic E-state index is 13.2. The number of aromatic hydroxyl groups is 1. The molecule has 1 aliphatic heterocycles. The summed E-state index contributed by atoms with van der Waals surface area (Å²) >= 11 is 0. The van der Waals surface area contributed by atoms with Crippen molar-refractivity contribution in [2.45, 2.75) is 45.2 Å². The largest absolute Gasteiger partial charge is 0.508 e. The topological polar surface area (TPSA) is 52.6 Å². The molecule has 1 saturated heterocycles. The van der Waals surface area contributed by atoms with E-state index in [2.05, 4.69) is 54.4 Å². The molecule has 1 saturated carbocycles. The zero-order valence-corrected chi connectivity index (χ0v) is 17.4. The Bertz CT molecular complexity index is 818. The molecule has 2 N–H and O–H groups in total. The Labute approximate surface area is 173 Å². The number of nitrogens with one attached hydrogen (secondary N) is 1. The summed E-state index contributed by atoms with van der Waals surface area (Å²) in [6, 6.07) is 18.0. The number of hydrogen-bond donors (Lipinski definition) is 2. The maximum Gasteiger partial charge on any atom is 0.228 e. The van der Waals surface area contributed by atoms with Crippen LogP contribution in [0.5, 0.6) is 5.75 Å². The van der Waals surface area contributed by atoms with Crippen LogP contribution in [0, 0.1) is 17.8 Å². The van der Waals surface area contributed by atoms with Gasteiger partial charge in [-0.2, -0.15) is 0 Å². The van der Waals surface area contributed by atoms with Crippen LogP contribution >= 0.6 is 0 Å². The van der Waals surface area contributed by atoms with Crippen LogP contribution in [-0.4, -0.2) is 35.0 Å². The Kier molecular flexibility index (Phi) is 5.91. The molecule has 1 heterocycles. The molecule has 0 bridgehead atoms. The molecule has 4 atom stereocenters. The van der Waals surface area contributed by atoms with Crippen molar-refractivity contribution in [2.75, 3.05) is 13.1 Å². The number of likely N-dealkylation sites (tertiary alicyclic amines) is 1. The van der Waals surface area contributed by atoms with E-state index in [-0.39, 0.29) is 29.5 Å². The van der Waals surface area contributed by atoms with Gasteiger partial charge >= 0.3 is 0 Å². The first kappa shape index (κ1) is 20.0. The number of phenolic OH excluding ortho intramolecular Hbond substituents is 1. The van der Waals surface area contributed by atoms with Crippen LogP contribution in [0.25, 0.3) is 0 Å². The highest BCUT2D eigenvalue weighted by molar-refractivity contribution is 5.84. The van der Waals surface area contributed by atoms with Crippen molar-refractivity contribution in [1.29, 1.82) is 0 Å². The summed E-state index contributed by atoms with van der Waals surface area (Å²) in [7, 11) is 0. The molecule has 2 fully saturated rings. The van der Waals surface area contributed by atoms with Gasteiger partial charge in [0.1, 0.15) is 5.75 Å². The molecule has 1 aliphatic carbocycles. The first-order valence-electron chi connectivity index (χ1n) is 10.9. The van der Waals surface area contributed by atoms with Gasteiger partial charge in [-0.25, -0.2) is 0 Å². The van der Waals surface area contributed by atoms with Gasteiger partial charge in [0.05, 0.1) is 5.92 Å². The lowest BCUT2D eigenvalue weighted by Gasteiger charge is -2.26. The molecule has 0 radical (unpaired) electrons. The number of nitrogens with zero attached hydrogens (tertiary/aromatic N) is 1. The highest BCUT2D eigenvalue weighted by Gasteiger charge is 2.43. The third-order valence-corrected chi connectivity index (χ3v) is 6.71. The van der Waals surface area contributed by atoms with Crippen LogP contribution in [0.2, 0.25) is 0 Å². The lowest BCUT2D eigenvalue weighted by molar-refractivity contribution is -0.124. The Morgan fingerprint density at radius 3 is 2.48 bits per heavy atom. The number of carbonyl (C=O) groups is 1. The molecule has 4 nitrogen and oxygen atoms in total. The summed E-state index contributed by atoms with van der Waals surface area (Å²) in [6.45, 7) is 7.38. The van der Waals surface area contributed by atoms with Gasteiger partial charge in [0.2, 0.25) is 5.91 Å². The molecular weight excluding hydrogens is 360 g/mol. The molecule has 4 rings (SSSR count). The van der Waals surface area contributed by atoms with E-state index in [9.17, 15) is 9.90 Å². The van der Waals surface area contributed by atoms with Gasteiger partial charge in [-0.3, -0.25) is 9.69 Å². The number of rotatable bonds is 6. The average molecular weight is 393 g/mol. The van der Waals surface area contributed by atoms with Crippen molar-refractivity contribution in [1.82, 2.24) is 10.2 Å². The number of phenols is 1. The molecule has 2 aliphatic rings. The minimum Gasteiger partial charge on any atom is -0.508 e. The summed E-state index contributed by atoms with van der Waals surface area (Å²) < 4.78 is 0. The van der Waals surface area contributed by atoms with E-state index in [1.54, 1.807) is 12.1 Å². The minimum atomic E-state index is -0.184. The number of hydrogen-bond acceptors (Lipinski definition) is 3. The highest BCUT2D eigenvalue weighted by atomic mass is 16.3. The quantitative estimate of drug-likeness (QED) is 0.776. The fourth-order valence-corrected chi connectivity index (χ4v) is 5.30. The molecule has 2 aromatic carbocycles. The predicted molar refractivity (Wildman–Crippen MR) is 116 cm³/mol. The molecule has 0 aromatic heterocycles. The Hall–Kier alpha value is -2.33. The molecule has 1 unspecified atom stereocenters. The van der Waals surface area contributed by atoms with Gasteiger partial charge in [-0.15, -0.1) is 0 Å². The molecule has 2 aromatic rings. The monoisotopic (exact) mass is 392 g/mol. The number of fused-ring (bicyclic) bond motifs is 1. The van der Waals surface area contributed by atoms with E-state index in [1.165, 1.54) is 12.0 Å². The first-order chi connectivity index (χ1) is 14.0. The van der Waals surface area contributed by atoms with Crippen LogP contribution in [-0.2, 0) is 11.3 Å². The normalized spacial score (nSPS) is 25.1. The lowest BCUT2D eigenvalue weighted by Crippen LogP contribution is -2.43. The van der Waals surface area contributed by atoms with Crippen molar-refractivity contribution in [3.8, 4) is 5.75 Å². The second-order valence-electron chi connectivity index (χ2n) is 9.11. The molecule has 154 valence electrons. The van der Waals surface area contributed by atoms with Crippen LogP contribution in [0.15, 0.2) is 54.6 Å². The zero-order chi connectivity index (χ0) is 20.4. The SMILES string of the molecule is CC(C)C(C(=O)N[C@H]1CC[C@@H]2CN(Cc3ccccc3)C[C@@H]21)c1ccc(O)cc1. The molecular formula is C25H32N2O2. The van der Waals surface area contributed by atoms with Crippen molar-refractivity contribution in [2.24, 2.45) is 17.8 Å². The second kappa shape index (κ2) is 8.58. The molecule has 4 heteroatoms. The standard InChI is InChI=1S/C25H32N2O2/c1-17(2)24(19-8-11-21(28)12-9-19)25(29)26-23-13-10-20-15-27(16-22(20)23)14-18-6-4-3-5-7-18/h3-9,11-12,17,20,22-24,28H,10,13-16H2,1-2H3,(H,26,29)/t20-,22+,23+,24?/m1/s1. The fourth-order valence-electron chi connectivity index (χ4n) is 5.30. The average Bonchev–Trinajstić information content (AvgIpc) is 3.25. The van der Waals surface area contributed by atoms with Crippen LogP contribution in [0.3, 0.4) is 0 Å². The van der Waals surface area contributed by atoms with Gasteiger partial charge in [0.25, 0.3) is 0 Å². The Morgan fingerprint density at radius 1 is 1.07 bits per heavy atom. The summed E-state index contributed by atoms with van der Waals surface area (Å²) in [5.41, 5.74) is 2.34. The molecule has 1 amide bonds. The van der Waals surface area contributed by atoms with Gasteiger partial charge in [-0.1, -0.05) is 56.3 Å². The van der Waals surface area contributed by atoms with E-state index in [1.807, 2.05) is 12.1 Å². The third-order valence-electron chi connectivity index (χ3n) is 6.71.